The van der Waals surface area contributed by atoms with Gasteiger partial charge in [-0.15, -0.1) is 11.3 Å². The predicted molar refractivity (Wildman–Crippen MR) is 116 cm³/mol. The minimum absolute atomic E-state index is 0.192. The van der Waals surface area contributed by atoms with E-state index in [1.165, 1.54) is 56.3 Å². The first kappa shape index (κ1) is 24.6. The lowest BCUT2D eigenvalue weighted by Gasteiger charge is -2.21. The summed E-state index contributed by atoms with van der Waals surface area (Å²) < 4.78 is 4.98. The normalized spacial score (nSPS) is 10.8. The van der Waals surface area contributed by atoms with Gasteiger partial charge in [-0.25, -0.2) is 9.78 Å². The molecular weight excluding hydrogens is 372 g/mol. The maximum atomic E-state index is 12.6. The van der Waals surface area contributed by atoms with E-state index < -0.39 is 5.97 Å². The third kappa shape index (κ3) is 10.2. The van der Waals surface area contributed by atoms with Crippen molar-refractivity contribution in [2.75, 3.05) is 13.2 Å². The highest BCUT2D eigenvalue weighted by Gasteiger charge is 2.17. The number of nitrogens with zero attached hydrogens (tertiary/aromatic N) is 2. The van der Waals surface area contributed by atoms with Crippen LogP contribution in [0.25, 0.3) is 0 Å². The van der Waals surface area contributed by atoms with Crippen molar-refractivity contribution in [3.63, 3.8) is 0 Å². The van der Waals surface area contributed by atoms with E-state index in [2.05, 4.69) is 18.8 Å². The molecular formula is C22H38N2O3S. The molecule has 0 fully saturated rings. The van der Waals surface area contributed by atoms with Crippen molar-refractivity contribution in [1.29, 1.82) is 0 Å². The van der Waals surface area contributed by atoms with Gasteiger partial charge in [-0.1, -0.05) is 65.2 Å². The summed E-state index contributed by atoms with van der Waals surface area (Å²) in [6.45, 7) is 7.64. The summed E-state index contributed by atoms with van der Waals surface area (Å²) in [6.07, 6.45) is 12.8. The van der Waals surface area contributed by atoms with Crippen LogP contribution in [0.15, 0.2) is 5.38 Å². The summed E-state index contributed by atoms with van der Waals surface area (Å²) in [5.41, 5.74) is 0.338. The molecule has 1 amide bonds. The highest BCUT2D eigenvalue weighted by atomic mass is 32.1. The van der Waals surface area contributed by atoms with Gasteiger partial charge in [-0.2, -0.15) is 0 Å². The number of carbonyl (C=O) groups excluding carboxylic acids is 2. The number of aromatic nitrogens is 1. The quantitative estimate of drug-likeness (QED) is 0.248. The molecule has 6 heteroatoms. The first-order valence-corrected chi connectivity index (χ1v) is 11.9. The van der Waals surface area contributed by atoms with Gasteiger partial charge in [0.2, 0.25) is 5.91 Å². The molecule has 1 aromatic heterocycles. The summed E-state index contributed by atoms with van der Waals surface area (Å²) in [4.78, 5) is 30.6. The van der Waals surface area contributed by atoms with E-state index in [1.807, 2.05) is 4.90 Å². The van der Waals surface area contributed by atoms with Gasteiger partial charge in [0.1, 0.15) is 5.01 Å². The zero-order valence-corrected chi connectivity index (χ0v) is 18.8. The second-order valence-electron chi connectivity index (χ2n) is 7.24. The topological polar surface area (TPSA) is 59.5 Å². The van der Waals surface area contributed by atoms with Gasteiger partial charge in [0, 0.05) is 18.3 Å². The minimum atomic E-state index is -0.395. The molecule has 0 aliphatic rings. The Kier molecular flexibility index (Phi) is 13.6. The maximum Gasteiger partial charge on any atom is 0.357 e. The van der Waals surface area contributed by atoms with E-state index in [4.69, 9.17) is 4.74 Å². The van der Waals surface area contributed by atoms with E-state index in [1.54, 1.807) is 12.3 Å². The number of hydrogen-bond donors (Lipinski definition) is 0. The summed E-state index contributed by atoms with van der Waals surface area (Å²) in [5.74, 6) is -0.203. The molecule has 160 valence electrons. The molecule has 0 radical (unpaired) electrons. The van der Waals surface area contributed by atoms with Gasteiger partial charge in [0.15, 0.2) is 5.69 Å². The Hall–Kier alpha value is -1.43. The SMILES string of the molecule is CCCCCCCCCCCC(=O)N(CCC)Cc1nc(C(=O)OCC)cs1. The number of hydrogen-bond acceptors (Lipinski definition) is 5. The first-order chi connectivity index (χ1) is 13.6. The summed E-state index contributed by atoms with van der Waals surface area (Å²) in [6, 6.07) is 0. The number of thiazole rings is 1. The molecule has 0 aromatic carbocycles. The fourth-order valence-corrected chi connectivity index (χ4v) is 3.93. The molecule has 0 saturated carbocycles. The van der Waals surface area contributed by atoms with Crippen LogP contribution < -0.4 is 0 Å². The van der Waals surface area contributed by atoms with Crippen molar-refractivity contribution in [1.82, 2.24) is 9.88 Å². The number of amides is 1. The van der Waals surface area contributed by atoms with Gasteiger partial charge in [0.25, 0.3) is 0 Å². The largest absolute Gasteiger partial charge is 0.461 e. The predicted octanol–water partition coefficient (Wildman–Crippen LogP) is 5.98. The Morgan fingerprint density at radius 2 is 1.61 bits per heavy atom. The molecule has 1 heterocycles. The van der Waals surface area contributed by atoms with Crippen LogP contribution in [0.3, 0.4) is 0 Å². The molecule has 0 atom stereocenters. The third-order valence-corrected chi connectivity index (χ3v) is 5.54. The zero-order chi connectivity index (χ0) is 20.6. The summed E-state index contributed by atoms with van der Waals surface area (Å²) in [7, 11) is 0. The summed E-state index contributed by atoms with van der Waals surface area (Å²) in [5, 5.41) is 2.50. The molecule has 0 spiro atoms. The lowest BCUT2D eigenvalue weighted by atomic mass is 10.1. The van der Waals surface area contributed by atoms with Crippen LogP contribution in [0.2, 0.25) is 0 Å². The van der Waals surface area contributed by atoms with Crippen molar-refractivity contribution in [2.24, 2.45) is 0 Å². The standard InChI is InChI=1S/C22H38N2O3S/c1-4-7-8-9-10-11-12-13-14-15-21(25)24(16-5-2)17-20-23-19(18-28-20)22(26)27-6-3/h18H,4-17H2,1-3H3. The Labute approximate surface area is 174 Å². The average molecular weight is 411 g/mol. The monoisotopic (exact) mass is 410 g/mol. The first-order valence-electron chi connectivity index (χ1n) is 11.0. The van der Waals surface area contributed by atoms with Gasteiger partial charge < -0.3 is 9.64 Å². The van der Waals surface area contributed by atoms with Gasteiger partial charge in [-0.05, 0) is 19.8 Å². The highest BCUT2D eigenvalue weighted by molar-refractivity contribution is 7.09. The Morgan fingerprint density at radius 3 is 2.21 bits per heavy atom. The second kappa shape index (κ2) is 15.5. The highest BCUT2D eigenvalue weighted by Crippen LogP contribution is 2.16. The maximum absolute atomic E-state index is 12.6. The van der Waals surface area contributed by atoms with Crippen LogP contribution in [0, 0.1) is 0 Å². The Balaban J connectivity index is 2.32. The number of ether oxygens (including phenoxy) is 1. The lowest BCUT2D eigenvalue weighted by Crippen LogP contribution is -2.31. The van der Waals surface area contributed by atoms with E-state index in [-0.39, 0.29) is 5.91 Å². The fraction of sp³-hybridized carbons (Fsp3) is 0.773. The van der Waals surface area contributed by atoms with Crippen LogP contribution in [-0.2, 0) is 16.1 Å². The molecule has 0 unspecified atom stereocenters. The van der Waals surface area contributed by atoms with Crippen LogP contribution in [0.1, 0.15) is 107 Å². The van der Waals surface area contributed by atoms with Crippen molar-refractivity contribution < 1.29 is 14.3 Å². The smallest absolute Gasteiger partial charge is 0.357 e. The number of carbonyl (C=O) groups is 2. The van der Waals surface area contributed by atoms with E-state index >= 15 is 0 Å². The van der Waals surface area contributed by atoms with Crippen LogP contribution >= 0.6 is 11.3 Å². The fourth-order valence-electron chi connectivity index (χ4n) is 3.15. The van der Waals surface area contributed by atoms with Crippen LogP contribution in [0.5, 0.6) is 0 Å². The molecule has 0 bridgehead atoms. The molecule has 0 N–H and O–H groups in total. The number of rotatable bonds is 16. The second-order valence-corrected chi connectivity index (χ2v) is 8.18. The van der Waals surface area contributed by atoms with Gasteiger partial charge in [-0.3, -0.25) is 4.79 Å². The molecule has 0 aliphatic heterocycles. The third-order valence-electron chi connectivity index (χ3n) is 4.70. The van der Waals surface area contributed by atoms with E-state index in [0.717, 1.165) is 30.8 Å². The van der Waals surface area contributed by atoms with E-state index in [9.17, 15) is 9.59 Å². The van der Waals surface area contributed by atoms with Crippen molar-refractivity contribution in [2.45, 2.75) is 97.9 Å². The number of unbranched alkanes of at least 4 members (excludes halogenated alkanes) is 8. The minimum Gasteiger partial charge on any atom is -0.461 e. The lowest BCUT2D eigenvalue weighted by molar-refractivity contribution is -0.132. The molecule has 28 heavy (non-hydrogen) atoms. The zero-order valence-electron chi connectivity index (χ0n) is 18.0. The average Bonchev–Trinajstić information content (AvgIpc) is 3.15. The van der Waals surface area contributed by atoms with Gasteiger partial charge in [0.05, 0.1) is 13.2 Å². The van der Waals surface area contributed by atoms with Gasteiger partial charge >= 0.3 is 5.97 Å². The van der Waals surface area contributed by atoms with Crippen LogP contribution in [-0.4, -0.2) is 34.9 Å². The molecule has 0 saturated heterocycles. The molecule has 1 aromatic rings. The Morgan fingerprint density at radius 1 is 0.964 bits per heavy atom. The van der Waals surface area contributed by atoms with Crippen LogP contribution in [0.4, 0.5) is 0 Å². The molecule has 1 rings (SSSR count). The molecule has 0 aliphatic carbocycles. The Bertz CT molecular complexity index is 560. The molecule has 5 nitrogen and oxygen atoms in total. The van der Waals surface area contributed by atoms with Crippen molar-refractivity contribution in [3.05, 3.63) is 16.1 Å². The van der Waals surface area contributed by atoms with E-state index in [0.29, 0.717) is 25.3 Å². The summed E-state index contributed by atoms with van der Waals surface area (Å²) >= 11 is 1.41. The van der Waals surface area contributed by atoms with Crippen molar-refractivity contribution in [3.8, 4) is 0 Å². The van der Waals surface area contributed by atoms with Crippen molar-refractivity contribution >= 4 is 23.2 Å². The number of esters is 1.